The summed E-state index contributed by atoms with van der Waals surface area (Å²) in [5.74, 6) is 1.26. The minimum absolute atomic E-state index is 0.401. The van der Waals surface area contributed by atoms with Crippen molar-refractivity contribution in [1.82, 2.24) is 0 Å². The van der Waals surface area contributed by atoms with Gasteiger partial charge >= 0.3 is 0 Å². The van der Waals surface area contributed by atoms with Crippen LogP contribution in [0.3, 0.4) is 0 Å². The fourth-order valence-electron chi connectivity index (χ4n) is 2.96. The van der Waals surface area contributed by atoms with Gasteiger partial charge in [0, 0.05) is 6.08 Å². The highest BCUT2D eigenvalue weighted by atomic mass is 16.1. The normalized spacial score (nSPS) is 23.6. The molecule has 0 bridgehead atoms. The Hall–Kier alpha value is -1.57. The topological polar surface area (TPSA) is 43.1 Å². The molecule has 0 aliphatic heterocycles. The molecule has 0 heterocycles. The summed E-state index contributed by atoms with van der Waals surface area (Å²) in [7, 11) is 0. The van der Waals surface area contributed by atoms with Crippen LogP contribution in [0.1, 0.15) is 56.1 Å². The van der Waals surface area contributed by atoms with Gasteiger partial charge in [0.15, 0.2) is 0 Å². The zero-order valence-corrected chi connectivity index (χ0v) is 11.6. The van der Waals surface area contributed by atoms with Crippen molar-refractivity contribution in [3.8, 4) is 0 Å². The van der Waals surface area contributed by atoms with Crippen LogP contribution in [-0.4, -0.2) is 5.91 Å². The lowest BCUT2D eigenvalue weighted by atomic mass is 9.78. The lowest BCUT2D eigenvalue weighted by molar-refractivity contribution is -0.113. The van der Waals surface area contributed by atoms with Crippen molar-refractivity contribution in [2.24, 2.45) is 11.7 Å². The molecule has 2 nitrogen and oxygen atoms in total. The van der Waals surface area contributed by atoms with Gasteiger partial charge in [-0.05, 0) is 54.7 Å². The molecule has 0 aromatic heterocycles. The molecule has 0 saturated heterocycles. The molecule has 19 heavy (non-hydrogen) atoms. The molecule has 1 fully saturated rings. The standard InChI is InChI=1S/C17H23NO/c1-2-13-3-8-15(9-4-13)16-10-5-14(6-11-16)7-12-17(18)19/h5-7,10-13,15H,2-4,8-9H2,1H3,(H2,18,19). The van der Waals surface area contributed by atoms with E-state index in [1.807, 2.05) is 0 Å². The molecule has 1 aliphatic carbocycles. The molecule has 2 heteroatoms. The molecule has 0 spiro atoms. The number of primary amides is 1. The van der Waals surface area contributed by atoms with Crippen LogP contribution in [0.15, 0.2) is 30.3 Å². The molecule has 0 unspecified atom stereocenters. The lowest BCUT2D eigenvalue weighted by Gasteiger charge is -2.28. The summed E-state index contributed by atoms with van der Waals surface area (Å²) in [6.45, 7) is 2.30. The Kier molecular flexibility index (Phi) is 4.78. The Balaban J connectivity index is 1.97. The second-order valence-electron chi connectivity index (χ2n) is 5.53. The highest BCUT2D eigenvalue weighted by Crippen LogP contribution is 2.36. The van der Waals surface area contributed by atoms with Gasteiger partial charge in [-0.3, -0.25) is 4.79 Å². The van der Waals surface area contributed by atoms with E-state index in [2.05, 4.69) is 31.2 Å². The SMILES string of the molecule is CCC1CCC(c2ccc(C=CC(N)=O)cc2)CC1. The number of rotatable bonds is 4. The fraction of sp³-hybridized carbons (Fsp3) is 0.471. The van der Waals surface area contributed by atoms with E-state index < -0.39 is 5.91 Å². The minimum Gasteiger partial charge on any atom is -0.366 e. The number of hydrogen-bond donors (Lipinski definition) is 1. The van der Waals surface area contributed by atoms with Gasteiger partial charge in [-0.25, -0.2) is 0 Å². The predicted molar refractivity (Wildman–Crippen MR) is 79.7 cm³/mol. The van der Waals surface area contributed by atoms with Crippen LogP contribution in [0.5, 0.6) is 0 Å². The molecule has 1 saturated carbocycles. The predicted octanol–water partition coefficient (Wildman–Crippen LogP) is 3.87. The fourth-order valence-corrected chi connectivity index (χ4v) is 2.96. The summed E-state index contributed by atoms with van der Waals surface area (Å²) in [6, 6.07) is 8.52. The molecule has 2 N–H and O–H groups in total. The third kappa shape index (κ3) is 3.95. The van der Waals surface area contributed by atoms with Crippen LogP contribution in [0.25, 0.3) is 6.08 Å². The summed E-state index contributed by atoms with van der Waals surface area (Å²) >= 11 is 0. The Bertz CT molecular complexity index is 439. The number of carbonyl (C=O) groups is 1. The number of carbonyl (C=O) groups excluding carboxylic acids is 1. The van der Waals surface area contributed by atoms with E-state index in [1.165, 1.54) is 43.7 Å². The van der Waals surface area contributed by atoms with Gasteiger partial charge in [0.05, 0.1) is 0 Å². The zero-order valence-electron chi connectivity index (χ0n) is 11.6. The summed E-state index contributed by atoms with van der Waals surface area (Å²) in [4.78, 5) is 10.7. The molecule has 1 aliphatic rings. The van der Waals surface area contributed by atoms with Crippen LogP contribution in [0.4, 0.5) is 0 Å². The molecule has 102 valence electrons. The molecule has 1 aromatic carbocycles. The highest BCUT2D eigenvalue weighted by molar-refractivity contribution is 5.90. The van der Waals surface area contributed by atoms with Crippen LogP contribution < -0.4 is 5.73 Å². The largest absolute Gasteiger partial charge is 0.366 e. The Morgan fingerprint density at radius 3 is 2.37 bits per heavy atom. The van der Waals surface area contributed by atoms with Gasteiger partial charge in [-0.15, -0.1) is 0 Å². The number of amides is 1. The average Bonchev–Trinajstić information content (AvgIpc) is 2.46. The quantitative estimate of drug-likeness (QED) is 0.817. The molecule has 0 atom stereocenters. The van der Waals surface area contributed by atoms with E-state index >= 15 is 0 Å². The highest BCUT2D eigenvalue weighted by Gasteiger charge is 2.20. The van der Waals surface area contributed by atoms with Gasteiger partial charge in [0.2, 0.25) is 5.91 Å². The molecule has 1 aromatic rings. The van der Waals surface area contributed by atoms with Crippen molar-refractivity contribution in [2.75, 3.05) is 0 Å². The third-order valence-corrected chi connectivity index (χ3v) is 4.27. The van der Waals surface area contributed by atoms with Gasteiger partial charge in [-0.2, -0.15) is 0 Å². The van der Waals surface area contributed by atoms with Gasteiger partial charge < -0.3 is 5.73 Å². The maximum atomic E-state index is 10.7. The van der Waals surface area contributed by atoms with Crippen molar-refractivity contribution < 1.29 is 4.79 Å². The Morgan fingerprint density at radius 1 is 1.21 bits per heavy atom. The first-order valence-corrected chi connectivity index (χ1v) is 7.26. The van der Waals surface area contributed by atoms with E-state index in [0.717, 1.165) is 17.4 Å². The van der Waals surface area contributed by atoms with E-state index in [-0.39, 0.29) is 0 Å². The first-order valence-electron chi connectivity index (χ1n) is 7.26. The van der Waals surface area contributed by atoms with Crippen LogP contribution >= 0.6 is 0 Å². The molecule has 1 amide bonds. The van der Waals surface area contributed by atoms with Gasteiger partial charge in [0.1, 0.15) is 0 Å². The van der Waals surface area contributed by atoms with Gasteiger partial charge in [-0.1, -0.05) is 37.6 Å². The second kappa shape index (κ2) is 6.55. The summed E-state index contributed by atoms with van der Waals surface area (Å²) < 4.78 is 0. The van der Waals surface area contributed by atoms with Crippen molar-refractivity contribution in [3.63, 3.8) is 0 Å². The molecule has 0 radical (unpaired) electrons. The molecular formula is C17H23NO. The first-order chi connectivity index (χ1) is 9.19. The summed E-state index contributed by atoms with van der Waals surface area (Å²) in [6.07, 6.45) is 9.85. The Morgan fingerprint density at radius 2 is 1.84 bits per heavy atom. The van der Waals surface area contributed by atoms with Crippen molar-refractivity contribution in [3.05, 3.63) is 41.5 Å². The van der Waals surface area contributed by atoms with Crippen LogP contribution in [-0.2, 0) is 4.79 Å². The molecule has 2 rings (SSSR count). The van der Waals surface area contributed by atoms with Crippen molar-refractivity contribution in [2.45, 2.75) is 44.9 Å². The van der Waals surface area contributed by atoms with E-state index in [1.54, 1.807) is 6.08 Å². The maximum Gasteiger partial charge on any atom is 0.241 e. The number of nitrogens with two attached hydrogens (primary N) is 1. The van der Waals surface area contributed by atoms with Crippen molar-refractivity contribution >= 4 is 12.0 Å². The van der Waals surface area contributed by atoms with E-state index in [9.17, 15) is 4.79 Å². The first kappa shape index (κ1) is 13.9. The molecular weight excluding hydrogens is 234 g/mol. The minimum atomic E-state index is -0.401. The number of benzene rings is 1. The van der Waals surface area contributed by atoms with Gasteiger partial charge in [0.25, 0.3) is 0 Å². The monoisotopic (exact) mass is 257 g/mol. The third-order valence-electron chi connectivity index (χ3n) is 4.27. The Labute approximate surface area is 115 Å². The summed E-state index contributed by atoms with van der Waals surface area (Å²) in [5.41, 5.74) is 7.56. The smallest absolute Gasteiger partial charge is 0.241 e. The van der Waals surface area contributed by atoms with E-state index in [0.29, 0.717) is 0 Å². The van der Waals surface area contributed by atoms with Crippen LogP contribution in [0.2, 0.25) is 0 Å². The number of hydrogen-bond acceptors (Lipinski definition) is 1. The lowest BCUT2D eigenvalue weighted by Crippen LogP contribution is -2.12. The van der Waals surface area contributed by atoms with Crippen molar-refractivity contribution in [1.29, 1.82) is 0 Å². The zero-order chi connectivity index (χ0) is 13.7. The van der Waals surface area contributed by atoms with Crippen LogP contribution in [0, 0.1) is 5.92 Å². The average molecular weight is 257 g/mol. The maximum absolute atomic E-state index is 10.7. The second-order valence-corrected chi connectivity index (χ2v) is 5.53. The van der Waals surface area contributed by atoms with E-state index in [4.69, 9.17) is 5.73 Å². The summed E-state index contributed by atoms with van der Waals surface area (Å²) in [5, 5.41) is 0.